The lowest BCUT2D eigenvalue weighted by atomic mass is 10.2. The number of carbonyl (C=O) groups is 1. The minimum atomic E-state index is -3.80. The predicted octanol–water partition coefficient (Wildman–Crippen LogP) is 2.48. The molecule has 4 rings (SSSR count). The van der Waals surface area contributed by atoms with Gasteiger partial charge in [-0.2, -0.15) is 0 Å². The maximum absolute atomic E-state index is 12.7. The number of rotatable bonds is 5. The standard InChI is InChI=1S/C19H18N4O4S/c1-27-19(24)13-7-9-16(10-8-13)28(25,26)22-15-5-2-4-14(12-15)18-21-20-17-6-3-11-23(17)18/h2,4-5,7-10,12,22H,3,6,11H2,1H3. The van der Waals surface area contributed by atoms with Crippen molar-refractivity contribution in [1.82, 2.24) is 14.8 Å². The number of aromatic nitrogens is 3. The lowest BCUT2D eigenvalue weighted by molar-refractivity contribution is 0.0600. The Morgan fingerprint density at radius 2 is 1.93 bits per heavy atom. The number of ether oxygens (including phenoxy) is 1. The largest absolute Gasteiger partial charge is 0.465 e. The second kappa shape index (κ2) is 7.08. The van der Waals surface area contributed by atoms with Crippen molar-refractivity contribution >= 4 is 21.7 Å². The van der Waals surface area contributed by atoms with Gasteiger partial charge in [0, 0.05) is 24.2 Å². The van der Waals surface area contributed by atoms with Crippen molar-refractivity contribution in [3.05, 3.63) is 59.9 Å². The molecule has 1 aliphatic rings. The molecule has 0 saturated heterocycles. The molecular weight excluding hydrogens is 380 g/mol. The van der Waals surface area contributed by atoms with Crippen molar-refractivity contribution in [2.75, 3.05) is 11.8 Å². The summed E-state index contributed by atoms with van der Waals surface area (Å²) >= 11 is 0. The van der Waals surface area contributed by atoms with E-state index >= 15 is 0 Å². The van der Waals surface area contributed by atoms with Gasteiger partial charge in [-0.15, -0.1) is 10.2 Å². The fourth-order valence-corrected chi connectivity index (χ4v) is 4.24. The number of anilines is 1. The molecule has 28 heavy (non-hydrogen) atoms. The zero-order chi connectivity index (χ0) is 19.7. The van der Waals surface area contributed by atoms with Gasteiger partial charge in [0.25, 0.3) is 10.0 Å². The van der Waals surface area contributed by atoms with Gasteiger partial charge in [0.2, 0.25) is 0 Å². The van der Waals surface area contributed by atoms with Gasteiger partial charge in [-0.1, -0.05) is 12.1 Å². The number of hydrogen-bond donors (Lipinski definition) is 1. The zero-order valence-electron chi connectivity index (χ0n) is 15.1. The third kappa shape index (κ3) is 3.36. The molecule has 1 aliphatic heterocycles. The van der Waals surface area contributed by atoms with E-state index in [1.165, 1.54) is 31.4 Å². The number of esters is 1. The second-order valence-corrected chi connectivity index (χ2v) is 8.08. The molecular formula is C19H18N4O4S. The van der Waals surface area contributed by atoms with Crippen LogP contribution in [0.4, 0.5) is 5.69 Å². The molecule has 3 aromatic rings. The molecule has 0 bridgehead atoms. The monoisotopic (exact) mass is 398 g/mol. The smallest absolute Gasteiger partial charge is 0.337 e. The lowest BCUT2D eigenvalue weighted by Crippen LogP contribution is -2.13. The minimum Gasteiger partial charge on any atom is -0.465 e. The fraction of sp³-hybridized carbons (Fsp3) is 0.211. The van der Waals surface area contributed by atoms with Crippen LogP contribution in [0.1, 0.15) is 22.6 Å². The Morgan fingerprint density at radius 3 is 2.68 bits per heavy atom. The third-order valence-corrected chi connectivity index (χ3v) is 5.97. The maximum atomic E-state index is 12.7. The molecule has 0 amide bonds. The molecule has 0 aliphatic carbocycles. The van der Waals surface area contributed by atoms with E-state index in [1.54, 1.807) is 18.2 Å². The average Bonchev–Trinajstić information content (AvgIpc) is 3.31. The van der Waals surface area contributed by atoms with Gasteiger partial charge >= 0.3 is 5.97 Å². The predicted molar refractivity (Wildman–Crippen MR) is 102 cm³/mol. The Labute approximate surface area is 162 Å². The van der Waals surface area contributed by atoms with Crippen LogP contribution in [0.15, 0.2) is 53.4 Å². The number of methoxy groups -OCH3 is 1. The van der Waals surface area contributed by atoms with E-state index < -0.39 is 16.0 Å². The van der Waals surface area contributed by atoms with Crippen LogP contribution >= 0.6 is 0 Å². The molecule has 0 atom stereocenters. The van der Waals surface area contributed by atoms with E-state index in [9.17, 15) is 13.2 Å². The highest BCUT2D eigenvalue weighted by atomic mass is 32.2. The van der Waals surface area contributed by atoms with Gasteiger partial charge in [-0.25, -0.2) is 13.2 Å². The van der Waals surface area contributed by atoms with Gasteiger partial charge in [-0.3, -0.25) is 4.72 Å². The summed E-state index contributed by atoms with van der Waals surface area (Å²) < 4.78 is 34.6. The molecule has 0 saturated carbocycles. The molecule has 2 aromatic carbocycles. The summed E-state index contributed by atoms with van der Waals surface area (Å²) in [7, 11) is -2.53. The summed E-state index contributed by atoms with van der Waals surface area (Å²) in [4.78, 5) is 11.5. The molecule has 8 nitrogen and oxygen atoms in total. The summed E-state index contributed by atoms with van der Waals surface area (Å²) in [5, 5.41) is 8.42. The highest BCUT2D eigenvalue weighted by Gasteiger charge is 2.20. The number of benzene rings is 2. The first-order chi connectivity index (χ1) is 13.5. The zero-order valence-corrected chi connectivity index (χ0v) is 15.9. The van der Waals surface area contributed by atoms with Crippen molar-refractivity contribution in [3.63, 3.8) is 0 Å². The fourth-order valence-electron chi connectivity index (χ4n) is 3.19. The van der Waals surface area contributed by atoms with E-state index in [0.29, 0.717) is 5.69 Å². The summed E-state index contributed by atoms with van der Waals surface area (Å²) in [6, 6.07) is 12.6. The van der Waals surface area contributed by atoms with E-state index in [2.05, 4.69) is 24.2 Å². The van der Waals surface area contributed by atoms with E-state index in [4.69, 9.17) is 0 Å². The number of fused-ring (bicyclic) bond motifs is 1. The average molecular weight is 398 g/mol. The summed E-state index contributed by atoms with van der Waals surface area (Å²) in [5.41, 5.74) is 1.50. The van der Waals surface area contributed by atoms with Crippen LogP contribution in [0, 0.1) is 0 Å². The van der Waals surface area contributed by atoms with Crippen LogP contribution in [0.2, 0.25) is 0 Å². The molecule has 0 fully saturated rings. The Kier molecular flexibility index (Phi) is 4.60. The Morgan fingerprint density at radius 1 is 1.14 bits per heavy atom. The van der Waals surface area contributed by atoms with Gasteiger partial charge in [-0.05, 0) is 42.8 Å². The highest BCUT2D eigenvalue weighted by Crippen LogP contribution is 2.26. The van der Waals surface area contributed by atoms with Crippen LogP contribution in [0.3, 0.4) is 0 Å². The molecule has 9 heteroatoms. The quantitative estimate of drug-likeness (QED) is 0.662. The molecule has 0 radical (unpaired) electrons. The Balaban J connectivity index is 1.59. The Hall–Kier alpha value is -3.20. The maximum Gasteiger partial charge on any atom is 0.337 e. The normalized spacial score (nSPS) is 13.2. The SMILES string of the molecule is COC(=O)c1ccc(S(=O)(=O)Nc2cccc(-c3nnc4n3CCC4)c2)cc1. The van der Waals surface area contributed by atoms with Gasteiger partial charge in [0.1, 0.15) is 5.82 Å². The summed E-state index contributed by atoms with van der Waals surface area (Å²) in [6.07, 6.45) is 1.94. The van der Waals surface area contributed by atoms with E-state index in [0.717, 1.165) is 36.6 Å². The van der Waals surface area contributed by atoms with E-state index in [-0.39, 0.29) is 10.5 Å². The van der Waals surface area contributed by atoms with Gasteiger partial charge in [0.05, 0.1) is 17.6 Å². The summed E-state index contributed by atoms with van der Waals surface area (Å²) in [5.74, 6) is 1.16. The van der Waals surface area contributed by atoms with Crippen LogP contribution in [0.5, 0.6) is 0 Å². The Bertz CT molecular complexity index is 1140. The topological polar surface area (TPSA) is 103 Å². The number of aryl methyl sites for hydroxylation is 1. The minimum absolute atomic E-state index is 0.0499. The lowest BCUT2D eigenvalue weighted by Gasteiger charge is -2.10. The number of nitrogens with one attached hydrogen (secondary N) is 1. The third-order valence-electron chi connectivity index (χ3n) is 4.57. The van der Waals surface area contributed by atoms with E-state index in [1.807, 2.05) is 6.07 Å². The molecule has 0 spiro atoms. The molecule has 0 unspecified atom stereocenters. The van der Waals surface area contributed by atoms with Crippen LogP contribution in [-0.4, -0.2) is 36.3 Å². The van der Waals surface area contributed by atoms with Crippen molar-refractivity contribution in [2.24, 2.45) is 0 Å². The summed E-state index contributed by atoms with van der Waals surface area (Å²) in [6.45, 7) is 0.861. The second-order valence-electron chi connectivity index (χ2n) is 6.40. The van der Waals surface area contributed by atoms with Crippen molar-refractivity contribution in [3.8, 4) is 11.4 Å². The molecule has 144 valence electrons. The van der Waals surface area contributed by atoms with Gasteiger partial charge < -0.3 is 9.30 Å². The molecule has 1 aromatic heterocycles. The number of nitrogens with zero attached hydrogens (tertiary/aromatic N) is 3. The number of hydrogen-bond acceptors (Lipinski definition) is 6. The first-order valence-electron chi connectivity index (χ1n) is 8.72. The van der Waals surface area contributed by atoms with Crippen LogP contribution in [0.25, 0.3) is 11.4 Å². The number of carbonyl (C=O) groups excluding carboxylic acids is 1. The van der Waals surface area contributed by atoms with Crippen molar-refractivity contribution < 1.29 is 17.9 Å². The first-order valence-corrected chi connectivity index (χ1v) is 10.2. The van der Waals surface area contributed by atoms with Gasteiger partial charge in [0.15, 0.2) is 5.82 Å². The van der Waals surface area contributed by atoms with Crippen LogP contribution < -0.4 is 4.72 Å². The van der Waals surface area contributed by atoms with Crippen molar-refractivity contribution in [2.45, 2.75) is 24.3 Å². The number of sulfonamides is 1. The molecule has 2 heterocycles. The molecule has 1 N–H and O–H groups in total. The van der Waals surface area contributed by atoms with Crippen LogP contribution in [-0.2, 0) is 27.7 Å². The van der Waals surface area contributed by atoms with Crippen molar-refractivity contribution in [1.29, 1.82) is 0 Å². The highest BCUT2D eigenvalue weighted by molar-refractivity contribution is 7.92. The first kappa shape index (κ1) is 18.2.